The van der Waals surface area contributed by atoms with Gasteiger partial charge >= 0.3 is 0 Å². The molecule has 4 rings (SSSR count). The van der Waals surface area contributed by atoms with Gasteiger partial charge in [0.05, 0.1) is 0 Å². The van der Waals surface area contributed by atoms with E-state index in [1.807, 2.05) is 11.0 Å². The summed E-state index contributed by atoms with van der Waals surface area (Å²) in [5.41, 5.74) is 0.669. The number of nitrogens with zero attached hydrogens (tertiary/aromatic N) is 2. The highest BCUT2D eigenvalue weighted by Gasteiger charge is 2.34. The van der Waals surface area contributed by atoms with E-state index in [1.54, 1.807) is 18.2 Å². The Morgan fingerprint density at radius 3 is 2.68 bits per heavy atom. The number of hydrogen-bond acceptors (Lipinski definition) is 5. The Kier molecular flexibility index (Phi) is 4.24. The Hall–Kier alpha value is -1.93. The summed E-state index contributed by atoms with van der Waals surface area (Å²) in [4.78, 5) is 14.7. The highest BCUT2D eigenvalue weighted by Crippen LogP contribution is 2.29. The van der Waals surface area contributed by atoms with Crippen LogP contribution in [-0.4, -0.2) is 57.3 Å². The van der Waals surface area contributed by atoms with Crippen LogP contribution in [0.25, 0.3) is 0 Å². The SMILES string of the molecule is O=C(NC1CCNC1)C1CCN(C2=NS(=O)(=O)c3ccccc32)CC1. The van der Waals surface area contributed by atoms with Gasteiger partial charge in [0.2, 0.25) is 5.91 Å². The van der Waals surface area contributed by atoms with Crippen LogP contribution >= 0.6 is 0 Å². The van der Waals surface area contributed by atoms with E-state index >= 15 is 0 Å². The van der Waals surface area contributed by atoms with Gasteiger partial charge in [-0.25, -0.2) is 0 Å². The predicted octanol–water partition coefficient (Wildman–Crippen LogP) is 0.326. The lowest BCUT2D eigenvalue weighted by molar-refractivity contribution is -0.126. The van der Waals surface area contributed by atoms with Crippen molar-refractivity contribution in [3.63, 3.8) is 0 Å². The average molecular weight is 362 g/mol. The lowest BCUT2D eigenvalue weighted by atomic mass is 9.95. The number of hydrogen-bond donors (Lipinski definition) is 2. The van der Waals surface area contributed by atoms with Crippen molar-refractivity contribution in [2.45, 2.75) is 30.2 Å². The molecule has 3 aliphatic heterocycles. The second-order valence-electron chi connectivity index (χ2n) is 6.85. The topological polar surface area (TPSA) is 90.9 Å². The van der Waals surface area contributed by atoms with E-state index in [4.69, 9.17) is 0 Å². The Balaban J connectivity index is 1.42. The first-order chi connectivity index (χ1) is 12.0. The summed E-state index contributed by atoms with van der Waals surface area (Å²) >= 11 is 0. The van der Waals surface area contributed by atoms with Gasteiger partial charge in [-0.1, -0.05) is 12.1 Å². The number of benzene rings is 1. The highest BCUT2D eigenvalue weighted by atomic mass is 32.2. The summed E-state index contributed by atoms with van der Waals surface area (Å²) in [7, 11) is -3.59. The van der Waals surface area contributed by atoms with Crippen LogP contribution in [0.2, 0.25) is 0 Å². The van der Waals surface area contributed by atoms with E-state index in [2.05, 4.69) is 15.0 Å². The van der Waals surface area contributed by atoms with Gasteiger partial charge in [0.25, 0.3) is 10.0 Å². The molecular formula is C17H22N4O3S. The number of piperidine rings is 1. The second-order valence-corrected chi connectivity index (χ2v) is 8.42. The van der Waals surface area contributed by atoms with Crippen LogP contribution in [0.15, 0.2) is 33.6 Å². The normalized spacial score (nSPS) is 25.5. The number of carbonyl (C=O) groups is 1. The minimum atomic E-state index is -3.59. The first-order valence-electron chi connectivity index (χ1n) is 8.75. The number of likely N-dealkylation sites (tertiary alicyclic amines) is 1. The van der Waals surface area contributed by atoms with Crippen LogP contribution < -0.4 is 10.6 Å². The maximum absolute atomic E-state index is 12.4. The van der Waals surface area contributed by atoms with Crippen molar-refractivity contribution in [1.29, 1.82) is 0 Å². The summed E-state index contributed by atoms with van der Waals surface area (Å²) in [6.07, 6.45) is 2.41. The number of sulfonamides is 1. The molecule has 1 aromatic rings. The maximum atomic E-state index is 12.4. The molecule has 25 heavy (non-hydrogen) atoms. The van der Waals surface area contributed by atoms with Gasteiger partial charge in [0.1, 0.15) is 4.90 Å². The molecule has 0 saturated carbocycles. The van der Waals surface area contributed by atoms with E-state index in [1.165, 1.54) is 0 Å². The number of amidine groups is 1. The summed E-state index contributed by atoms with van der Waals surface area (Å²) in [5, 5.41) is 6.36. The first-order valence-corrected chi connectivity index (χ1v) is 10.2. The fraction of sp³-hybridized carbons (Fsp3) is 0.529. The maximum Gasteiger partial charge on any atom is 0.285 e. The number of nitrogens with one attached hydrogen (secondary N) is 2. The van der Waals surface area contributed by atoms with Crippen molar-refractivity contribution in [3.05, 3.63) is 29.8 Å². The zero-order valence-electron chi connectivity index (χ0n) is 13.9. The van der Waals surface area contributed by atoms with Crippen LogP contribution in [0, 0.1) is 5.92 Å². The van der Waals surface area contributed by atoms with Gasteiger partial charge in [-0.15, -0.1) is 4.40 Å². The van der Waals surface area contributed by atoms with Gasteiger partial charge in [0, 0.05) is 37.2 Å². The van der Waals surface area contributed by atoms with Crippen LogP contribution in [0.4, 0.5) is 0 Å². The van der Waals surface area contributed by atoms with Crippen LogP contribution in [0.5, 0.6) is 0 Å². The minimum Gasteiger partial charge on any atom is -0.355 e. The molecule has 1 aromatic carbocycles. The van der Waals surface area contributed by atoms with Crippen molar-refractivity contribution in [2.24, 2.45) is 10.3 Å². The molecule has 0 bridgehead atoms. The van der Waals surface area contributed by atoms with Gasteiger partial charge in [0.15, 0.2) is 5.84 Å². The number of amides is 1. The van der Waals surface area contributed by atoms with E-state index in [0.717, 1.165) is 19.5 Å². The molecule has 2 N–H and O–H groups in total. The zero-order valence-corrected chi connectivity index (χ0v) is 14.8. The van der Waals surface area contributed by atoms with E-state index in [-0.39, 0.29) is 22.8 Å². The Labute approximate surface area is 147 Å². The largest absolute Gasteiger partial charge is 0.355 e. The molecule has 134 valence electrons. The van der Waals surface area contributed by atoms with Crippen molar-refractivity contribution >= 4 is 21.8 Å². The van der Waals surface area contributed by atoms with Crippen LogP contribution in [-0.2, 0) is 14.8 Å². The molecule has 2 saturated heterocycles. The van der Waals surface area contributed by atoms with Crippen LogP contribution in [0.1, 0.15) is 24.8 Å². The number of fused-ring (bicyclic) bond motifs is 1. The lowest BCUT2D eigenvalue weighted by Crippen LogP contribution is -2.45. The van der Waals surface area contributed by atoms with E-state index in [0.29, 0.717) is 37.3 Å². The lowest BCUT2D eigenvalue weighted by Gasteiger charge is -2.33. The molecule has 1 amide bonds. The van der Waals surface area contributed by atoms with Crippen molar-refractivity contribution < 1.29 is 13.2 Å². The van der Waals surface area contributed by atoms with Crippen molar-refractivity contribution in [2.75, 3.05) is 26.2 Å². The van der Waals surface area contributed by atoms with Gasteiger partial charge in [-0.3, -0.25) is 4.79 Å². The molecular weight excluding hydrogens is 340 g/mol. The summed E-state index contributed by atoms with van der Waals surface area (Å²) in [6, 6.07) is 7.16. The molecule has 2 fully saturated rings. The first kappa shape index (κ1) is 16.5. The summed E-state index contributed by atoms with van der Waals surface area (Å²) in [5.74, 6) is 0.634. The van der Waals surface area contributed by atoms with Gasteiger partial charge < -0.3 is 15.5 Å². The molecule has 8 heteroatoms. The molecule has 0 aromatic heterocycles. The van der Waals surface area contributed by atoms with Gasteiger partial charge in [-0.05, 0) is 37.9 Å². The fourth-order valence-electron chi connectivity index (χ4n) is 3.77. The predicted molar refractivity (Wildman–Crippen MR) is 93.9 cm³/mol. The molecule has 1 atom stereocenters. The average Bonchev–Trinajstić information content (AvgIpc) is 3.22. The molecule has 0 radical (unpaired) electrons. The van der Waals surface area contributed by atoms with Gasteiger partial charge in [-0.2, -0.15) is 8.42 Å². The molecule has 3 aliphatic rings. The molecule has 0 aliphatic carbocycles. The Morgan fingerprint density at radius 2 is 1.96 bits per heavy atom. The standard InChI is InChI=1S/C17H22N4O3S/c22-17(19-13-5-8-18-11-13)12-6-9-21(10-7-12)16-14-3-1-2-4-15(14)25(23,24)20-16/h1-4,12-13,18H,5-11H2,(H,19,22). The quantitative estimate of drug-likeness (QED) is 0.791. The molecule has 3 heterocycles. The fourth-order valence-corrected chi connectivity index (χ4v) is 4.99. The van der Waals surface area contributed by atoms with Crippen LogP contribution in [0.3, 0.4) is 0 Å². The Morgan fingerprint density at radius 1 is 1.20 bits per heavy atom. The number of rotatable bonds is 2. The zero-order chi connectivity index (χ0) is 17.4. The smallest absolute Gasteiger partial charge is 0.285 e. The third-order valence-corrected chi connectivity index (χ3v) is 6.51. The summed E-state index contributed by atoms with van der Waals surface area (Å²) < 4.78 is 28.3. The molecule has 0 spiro atoms. The monoisotopic (exact) mass is 362 g/mol. The summed E-state index contributed by atoms with van der Waals surface area (Å²) in [6.45, 7) is 3.08. The Bertz CT molecular complexity index is 807. The third kappa shape index (κ3) is 3.16. The third-order valence-electron chi connectivity index (χ3n) is 5.18. The molecule has 7 nitrogen and oxygen atoms in total. The second kappa shape index (κ2) is 6.42. The van der Waals surface area contributed by atoms with Crippen molar-refractivity contribution in [1.82, 2.24) is 15.5 Å². The van der Waals surface area contributed by atoms with E-state index in [9.17, 15) is 13.2 Å². The molecule has 1 unspecified atom stereocenters. The minimum absolute atomic E-state index is 0.00861. The van der Waals surface area contributed by atoms with Crippen molar-refractivity contribution in [3.8, 4) is 0 Å². The highest BCUT2D eigenvalue weighted by molar-refractivity contribution is 7.90. The number of carbonyl (C=O) groups excluding carboxylic acids is 1. The van der Waals surface area contributed by atoms with E-state index < -0.39 is 10.0 Å².